The molecule has 2 aliphatic rings. The van der Waals surface area contributed by atoms with Crippen molar-refractivity contribution < 1.29 is 23.8 Å². The maximum Gasteiger partial charge on any atom is 0.411 e. The maximum atomic E-state index is 13.7. The van der Waals surface area contributed by atoms with E-state index in [1.165, 1.54) is 17.7 Å². The van der Waals surface area contributed by atoms with E-state index in [1.54, 1.807) is 7.11 Å². The zero-order valence-electron chi connectivity index (χ0n) is 22.0. The van der Waals surface area contributed by atoms with Crippen LogP contribution in [-0.2, 0) is 22.5 Å². The highest BCUT2D eigenvalue weighted by Crippen LogP contribution is 2.32. The first kappa shape index (κ1) is 27.3. The van der Waals surface area contributed by atoms with E-state index in [2.05, 4.69) is 26.1 Å². The third-order valence-corrected chi connectivity index (χ3v) is 7.03. The Morgan fingerprint density at radius 1 is 1.08 bits per heavy atom. The van der Waals surface area contributed by atoms with Crippen molar-refractivity contribution in [1.82, 2.24) is 9.80 Å². The van der Waals surface area contributed by atoms with Gasteiger partial charge in [-0.1, -0.05) is 22.0 Å². The van der Waals surface area contributed by atoms with E-state index in [1.807, 2.05) is 57.2 Å². The molecule has 1 saturated heterocycles. The van der Waals surface area contributed by atoms with Crippen LogP contribution in [0.3, 0.4) is 0 Å². The van der Waals surface area contributed by atoms with Gasteiger partial charge in [0.05, 0.1) is 19.3 Å². The molecule has 2 aromatic rings. The third kappa shape index (κ3) is 7.17. The van der Waals surface area contributed by atoms with E-state index in [4.69, 9.17) is 14.2 Å². The number of nitrogens with one attached hydrogen (secondary N) is 1. The highest BCUT2D eigenvalue weighted by molar-refractivity contribution is 9.10. The van der Waals surface area contributed by atoms with Crippen LogP contribution in [0.15, 0.2) is 40.9 Å². The number of fused-ring (bicyclic) bond motifs is 1. The van der Waals surface area contributed by atoms with Crippen LogP contribution in [0.1, 0.15) is 44.7 Å². The van der Waals surface area contributed by atoms with Crippen molar-refractivity contribution in [2.24, 2.45) is 0 Å². The molecule has 2 aliphatic heterocycles. The number of hydrogen-bond acceptors (Lipinski definition) is 6. The summed E-state index contributed by atoms with van der Waals surface area (Å²) >= 11 is 3.50. The molecule has 2 heterocycles. The first-order valence-corrected chi connectivity index (χ1v) is 13.5. The van der Waals surface area contributed by atoms with Gasteiger partial charge in [0, 0.05) is 17.4 Å². The van der Waals surface area contributed by atoms with E-state index < -0.39 is 17.7 Å². The zero-order chi connectivity index (χ0) is 26.6. The first-order valence-electron chi connectivity index (χ1n) is 12.7. The monoisotopic (exact) mass is 573 g/mol. The number of benzene rings is 2. The number of amides is 2. The van der Waals surface area contributed by atoms with E-state index in [-0.39, 0.29) is 12.5 Å². The average Bonchev–Trinajstić information content (AvgIpc) is 3.37. The molecule has 2 aromatic carbocycles. The van der Waals surface area contributed by atoms with Gasteiger partial charge in [-0.05, 0) is 88.2 Å². The third-order valence-electron chi connectivity index (χ3n) is 6.54. The number of halogens is 1. The predicted molar refractivity (Wildman–Crippen MR) is 146 cm³/mol. The molecule has 0 aromatic heterocycles. The van der Waals surface area contributed by atoms with E-state index in [9.17, 15) is 9.59 Å². The molecule has 0 radical (unpaired) electrons. The van der Waals surface area contributed by atoms with Gasteiger partial charge in [-0.15, -0.1) is 0 Å². The Morgan fingerprint density at radius 2 is 1.84 bits per heavy atom. The summed E-state index contributed by atoms with van der Waals surface area (Å²) in [6.07, 6.45) is 2.28. The van der Waals surface area contributed by atoms with Crippen molar-refractivity contribution in [3.63, 3.8) is 0 Å². The van der Waals surface area contributed by atoms with Crippen molar-refractivity contribution in [2.75, 3.05) is 38.7 Å². The van der Waals surface area contributed by atoms with Crippen LogP contribution in [0.2, 0.25) is 0 Å². The minimum atomic E-state index is -0.754. The summed E-state index contributed by atoms with van der Waals surface area (Å²) in [5.41, 5.74) is 1.82. The van der Waals surface area contributed by atoms with Crippen LogP contribution in [0.4, 0.5) is 10.5 Å². The van der Waals surface area contributed by atoms with Gasteiger partial charge in [-0.3, -0.25) is 14.6 Å². The number of nitrogens with zero attached hydrogens (tertiary/aromatic N) is 2. The Morgan fingerprint density at radius 3 is 2.54 bits per heavy atom. The lowest BCUT2D eigenvalue weighted by Gasteiger charge is -2.37. The van der Waals surface area contributed by atoms with Crippen molar-refractivity contribution in [2.45, 2.75) is 58.2 Å². The average molecular weight is 575 g/mol. The van der Waals surface area contributed by atoms with Gasteiger partial charge >= 0.3 is 6.09 Å². The van der Waals surface area contributed by atoms with Crippen molar-refractivity contribution in [1.29, 1.82) is 0 Å². The topological polar surface area (TPSA) is 80.3 Å². The molecular weight excluding hydrogens is 538 g/mol. The molecule has 8 nitrogen and oxygen atoms in total. The summed E-state index contributed by atoms with van der Waals surface area (Å²) in [5.74, 6) is 1.000. The SMILES string of the molecule is COc1ccc2c(c1)C[C@H](C(=O)Nc1ccc(Br)cc1OCCN1CCCC1)N(C(=O)OC(C)(C)C)C2. The molecule has 4 rings (SSSR count). The number of carbonyl (C=O) groups excluding carboxylic acids is 2. The number of anilines is 1. The molecule has 0 unspecified atom stereocenters. The highest BCUT2D eigenvalue weighted by atomic mass is 79.9. The number of rotatable bonds is 7. The van der Waals surface area contributed by atoms with E-state index in [0.29, 0.717) is 30.2 Å². The Kier molecular flexibility index (Phi) is 8.64. The molecule has 0 spiro atoms. The Labute approximate surface area is 227 Å². The van der Waals surface area contributed by atoms with Crippen LogP contribution < -0.4 is 14.8 Å². The minimum Gasteiger partial charge on any atom is -0.497 e. The summed E-state index contributed by atoms with van der Waals surface area (Å²) in [6.45, 7) is 9.28. The zero-order valence-corrected chi connectivity index (χ0v) is 23.6. The lowest BCUT2D eigenvalue weighted by molar-refractivity contribution is -0.121. The fourth-order valence-corrected chi connectivity index (χ4v) is 5.00. The van der Waals surface area contributed by atoms with Gasteiger partial charge in [0.2, 0.25) is 5.91 Å². The molecule has 0 aliphatic carbocycles. The van der Waals surface area contributed by atoms with Gasteiger partial charge in [0.1, 0.15) is 29.7 Å². The van der Waals surface area contributed by atoms with Crippen molar-refractivity contribution >= 4 is 33.6 Å². The predicted octanol–water partition coefficient (Wildman–Crippen LogP) is 5.23. The second kappa shape index (κ2) is 11.7. The Hall–Kier alpha value is -2.78. The van der Waals surface area contributed by atoms with Gasteiger partial charge in [-0.2, -0.15) is 0 Å². The molecular formula is C28H36BrN3O5. The molecule has 1 fully saturated rings. The van der Waals surface area contributed by atoms with Gasteiger partial charge in [0.25, 0.3) is 0 Å². The van der Waals surface area contributed by atoms with Crippen LogP contribution in [0.25, 0.3) is 0 Å². The summed E-state index contributed by atoms with van der Waals surface area (Å²) in [5, 5.41) is 3.01. The second-order valence-corrected chi connectivity index (χ2v) is 11.4. The lowest BCUT2D eigenvalue weighted by atomic mass is 9.93. The van der Waals surface area contributed by atoms with Crippen molar-refractivity contribution in [3.05, 3.63) is 52.0 Å². The van der Waals surface area contributed by atoms with Crippen LogP contribution in [-0.4, -0.2) is 66.8 Å². The Balaban J connectivity index is 1.54. The fraction of sp³-hybridized carbons (Fsp3) is 0.500. The fourth-order valence-electron chi connectivity index (χ4n) is 4.66. The number of likely N-dealkylation sites (tertiary alicyclic amines) is 1. The largest absolute Gasteiger partial charge is 0.497 e. The number of ether oxygens (including phenoxy) is 3. The summed E-state index contributed by atoms with van der Waals surface area (Å²) in [7, 11) is 1.61. The van der Waals surface area contributed by atoms with E-state index >= 15 is 0 Å². The lowest BCUT2D eigenvalue weighted by Crippen LogP contribution is -2.52. The Bertz CT molecular complexity index is 1130. The maximum absolute atomic E-state index is 13.7. The molecule has 200 valence electrons. The standard InChI is InChI=1S/C28H36BrN3O5/c1-28(2,3)37-27(34)32-18-19-7-9-22(35-4)15-20(19)16-24(32)26(33)30-23-10-8-21(29)17-25(23)36-14-13-31-11-5-6-12-31/h7-10,15,17,24H,5-6,11-14,16,18H2,1-4H3,(H,30,33)/t24-/m1/s1. The summed E-state index contributed by atoms with van der Waals surface area (Å²) in [6, 6.07) is 10.5. The summed E-state index contributed by atoms with van der Waals surface area (Å²) in [4.78, 5) is 30.7. The van der Waals surface area contributed by atoms with Crippen LogP contribution in [0, 0.1) is 0 Å². The van der Waals surface area contributed by atoms with Gasteiger partial charge < -0.3 is 19.5 Å². The summed E-state index contributed by atoms with van der Waals surface area (Å²) < 4.78 is 18.0. The highest BCUT2D eigenvalue weighted by Gasteiger charge is 2.37. The molecule has 1 N–H and O–H groups in total. The van der Waals surface area contributed by atoms with E-state index in [0.717, 1.165) is 35.2 Å². The molecule has 1 atom stereocenters. The molecule has 37 heavy (non-hydrogen) atoms. The smallest absolute Gasteiger partial charge is 0.411 e. The number of methoxy groups -OCH3 is 1. The van der Waals surface area contributed by atoms with Crippen LogP contribution >= 0.6 is 15.9 Å². The van der Waals surface area contributed by atoms with Crippen molar-refractivity contribution in [3.8, 4) is 11.5 Å². The second-order valence-electron chi connectivity index (χ2n) is 10.5. The molecule has 2 amide bonds. The van der Waals surface area contributed by atoms with Gasteiger partial charge in [0.15, 0.2) is 0 Å². The minimum absolute atomic E-state index is 0.270. The first-order chi connectivity index (χ1) is 17.6. The van der Waals surface area contributed by atoms with Crippen LogP contribution in [0.5, 0.6) is 11.5 Å². The number of hydrogen-bond donors (Lipinski definition) is 1. The van der Waals surface area contributed by atoms with Gasteiger partial charge in [-0.25, -0.2) is 4.79 Å². The number of carbonyl (C=O) groups is 2. The molecule has 0 bridgehead atoms. The normalized spacial score (nSPS) is 17.8. The quantitative estimate of drug-likeness (QED) is 0.488. The molecule has 0 saturated carbocycles. The molecule has 9 heteroatoms.